The average Bonchev–Trinajstić information content (AvgIpc) is 2.73. The second-order valence-electron chi connectivity index (χ2n) is 6.38. The highest BCUT2D eigenvalue weighted by atomic mass is 35.5. The first-order valence-corrected chi connectivity index (χ1v) is 10.3. The molecule has 0 bridgehead atoms. The fourth-order valence-electron chi connectivity index (χ4n) is 2.92. The Hall–Kier alpha value is -3.16. The molecule has 0 aliphatic carbocycles. The van der Waals surface area contributed by atoms with Crippen molar-refractivity contribution in [3.05, 3.63) is 94.0 Å². The van der Waals surface area contributed by atoms with Gasteiger partial charge in [-0.3, -0.25) is 14.2 Å². The molecule has 5 nitrogen and oxygen atoms in total. The van der Waals surface area contributed by atoms with Crippen LogP contribution in [0.1, 0.15) is 0 Å². The van der Waals surface area contributed by atoms with Gasteiger partial charge in [-0.2, -0.15) is 0 Å². The third-order valence-electron chi connectivity index (χ3n) is 4.27. The zero-order chi connectivity index (χ0) is 21.1. The molecule has 4 aromatic rings. The van der Waals surface area contributed by atoms with Crippen LogP contribution in [0.5, 0.6) is 0 Å². The fraction of sp³-hybridized carbons (Fsp3) is 0.0455. The average molecular weight is 440 g/mol. The van der Waals surface area contributed by atoms with Gasteiger partial charge in [0, 0.05) is 10.7 Å². The Morgan fingerprint density at radius 2 is 1.83 bits per heavy atom. The van der Waals surface area contributed by atoms with Crippen LogP contribution in [-0.4, -0.2) is 21.2 Å². The van der Waals surface area contributed by atoms with Gasteiger partial charge < -0.3 is 5.32 Å². The highest BCUT2D eigenvalue weighted by molar-refractivity contribution is 7.99. The molecule has 0 fully saturated rings. The number of rotatable bonds is 5. The number of halogens is 2. The molecule has 3 aromatic carbocycles. The van der Waals surface area contributed by atoms with Crippen molar-refractivity contribution in [2.24, 2.45) is 0 Å². The van der Waals surface area contributed by atoms with Crippen LogP contribution in [0.2, 0.25) is 5.02 Å². The molecule has 0 aliphatic heterocycles. The van der Waals surface area contributed by atoms with Crippen LogP contribution in [0.15, 0.2) is 82.7 Å². The van der Waals surface area contributed by atoms with Crippen molar-refractivity contribution in [1.82, 2.24) is 9.55 Å². The SMILES string of the molecule is O=C(CSc1nc2ccccc2c(=O)n1-c1ccc(Cl)cc1)Nc1cccc(F)c1. The number of para-hydroxylation sites is 1. The summed E-state index contributed by atoms with van der Waals surface area (Å²) in [5.41, 5.74) is 1.26. The largest absolute Gasteiger partial charge is 0.325 e. The molecule has 1 amide bonds. The van der Waals surface area contributed by atoms with Gasteiger partial charge in [-0.1, -0.05) is 41.6 Å². The monoisotopic (exact) mass is 439 g/mol. The number of anilines is 1. The summed E-state index contributed by atoms with van der Waals surface area (Å²) in [5, 5.41) is 4.03. The Bertz CT molecular complexity index is 1290. The molecular formula is C22H15ClFN3O2S. The van der Waals surface area contributed by atoms with E-state index in [1.807, 2.05) is 0 Å². The number of nitrogens with zero attached hydrogens (tertiary/aromatic N) is 2. The standard InChI is InChI=1S/C22H15ClFN3O2S/c23-14-8-10-17(11-9-14)27-21(29)18-6-1-2-7-19(18)26-22(27)30-13-20(28)25-16-5-3-4-15(24)12-16/h1-12H,13H2,(H,25,28). The van der Waals surface area contributed by atoms with E-state index in [4.69, 9.17) is 11.6 Å². The molecule has 0 spiro atoms. The lowest BCUT2D eigenvalue weighted by atomic mass is 10.2. The minimum Gasteiger partial charge on any atom is -0.325 e. The third kappa shape index (κ3) is 4.37. The number of hydrogen-bond donors (Lipinski definition) is 1. The van der Waals surface area contributed by atoms with Gasteiger partial charge in [0.1, 0.15) is 5.82 Å². The van der Waals surface area contributed by atoms with Crippen LogP contribution >= 0.6 is 23.4 Å². The summed E-state index contributed by atoms with van der Waals surface area (Å²) in [6.45, 7) is 0. The molecule has 0 aliphatic rings. The molecule has 1 aromatic heterocycles. The molecule has 8 heteroatoms. The van der Waals surface area contributed by atoms with Gasteiger partial charge in [0.15, 0.2) is 5.16 Å². The number of amides is 1. The summed E-state index contributed by atoms with van der Waals surface area (Å²) in [6, 6.07) is 19.5. The summed E-state index contributed by atoms with van der Waals surface area (Å²) in [5.74, 6) is -0.779. The summed E-state index contributed by atoms with van der Waals surface area (Å²) >= 11 is 7.10. The fourth-order valence-corrected chi connectivity index (χ4v) is 3.86. The van der Waals surface area contributed by atoms with Crippen molar-refractivity contribution in [3.8, 4) is 5.69 Å². The van der Waals surface area contributed by atoms with Crippen molar-refractivity contribution in [2.75, 3.05) is 11.1 Å². The van der Waals surface area contributed by atoms with Gasteiger partial charge in [-0.25, -0.2) is 9.37 Å². The van der Waals surface area contributed by atoms with E-state index in [1.165, 1.54) is 22.8 Å². The van der Waals surface area contributed by atoms with Gasteiger partial charge in [0.2, 0.25) is 5.91 Å². The molecule has 0 saturated carbocycles. The summed E-state index contributed by atoms with van der Waals surface area (Å²) in [6.07, 6.45) is 0. The first kappa shape index (κ1) is 20.1. The van der Waals surface area contributed by atoms with Gasteiger partial charge in [-0.05, 0) is 54.6 Å². The number of benzene rings is 3. The van der Waals surface area contributed by atoms with E-state index in [1.54, 1.807) is 54.6 Å². The normalized spacial score (nSPS) is 10.9. The topological polar surface area (TPSA) is 64.0 Å². The van der Waals surface area contributed by atoms with Gasteiger partial charge >= 0.3 is 0 Å². The smallest absolute Gasteiger partial charge is 0.266 e. The molecule has 1 N–H and O–H groups in total. The van der Waals surface area contributed by atoms with Gasteiger partial charge in [0.25, 0.3) is 5.56 Å². The number of carbonyl (C=O) groups excluding carboxylic acids is 1. The van der Waals surface area contributed by atoms with Crippen molar-refractivity contribution in [3.63, 3.8) is 0 Å². The van der Waals surface area contributed by atoms with Crippen LogP contribution in [0.4, 0.5) is 10.1 Å². The van der Waals surface area contributed by atoms with E-state index in [0.29, 0.717) is 32.5 Å². The third-order valence-corrected chi connectivity index (χ3v) is 5.46. The van der Waals surface area contributed by atoms with E-state index >= 15 is 0 Å². The maximum atomic E-state index is 13.3. The molecule has 0 radical (unpaired) electrons. The zero-order valence-electron chi connectivity index (χ0n) is 15.5. The highest BCUT2D eigenvalue weighted by Gasteiger charge is 2.15. The van der Waals surface area contributed by atoms with Crippen LogP contribution < -0.4 is 10.9 Å². The van der Waals surface area contributed by atoms with Crippen molar-refractivity contribution in [1.29, 1.82) is 0 Å². The minimum atomic E-state index is -0.437. The predicted octanol–water partition coefficient (Wildman–Crippen LogP) is 4.91. The van der Waals surface area contributed by atoms with Crippen LogP contribution in [0.25, 0.3) is 16.6 Å². The number of thioether (sulfide) groups is 1. The number of carbonyl (C=O) groups is 1. The van der Waals surface area contributed by atoms with E-state index in [-0.39, 0.29) is 17.2 Å². The molecular weight excluding hydrogens is 425 g/mol. The van der Waals surface area contributed by atoms with Crippen molar-refractivity contribution in [2.45, 2.75) is 5.16 Å². The molecule has 30 heavy (non-hydrogen) atoms. The lowest BCUT2D eigenvalue weighted by Gasteiger charge is -2.13. The van der Waals surface area contributed by atoms with E-state index in [2.05, 4.69) is 10.3 Å². The first-order valence-electron chi connectivity index (χ1n) is 8.97. The van der Waals surface area contributed by atoms with E-state index < -0.39 is 5.82 Å². The predicted molar refractivity (Wildman–Crippen MR) is 118 cm³/mol. The summed E-state index contributed by atoms with van der Waals surface area (Å²) < 4.78 is 14.8. The maximum absolute atomic E-state index is 13.3. The molecule has 4 rings (SSSR count). The quantitative estimate of drug-likeness (QED) is 0.354. The Morgan fingerprint density at radius 1 is 1.07 bits per heavy atom. The Kier molecular flexibility index (Phi) is 5.83. The van der Waals surface area contributed by atoms with Gasteiger partial charge in [-0.15, -0.1) is 0 Å². The van der Waals surface area contributed by atoms with Crippen LogP contribution in [0, 0.1) is 5.82 Å². The number of nitrogens with one attached hydrogen (secondary N) is 1. The van der Waals surface area contributed by atoms with Crippen LogP contribution in [0.3, 0.4) is 0 Å². The maximum Gasteiger partial charge on any atom is 0.266 e. The molecule has 0 atom stereocenters. The summed E-state index contributed by atoms with van der Waals surface area (Å²) in [7, 11) is 0. The first-order chi connectivity index (χ1) is 14.5. The second kappa shape index (κ2) is 8.69. The molecule has 150 valence electrons. The number of aromatic nitrogens is 2. The van der Waals surface area contributed by atoms with Crippen LogP contribution in [-0.2, 0) is 4.79 Å². The zero-order valence-corrected chi connectivity index (χ0v) is 17.1. The minimum absolute atomic E-state index is 0.00508. The number of fused-ring (bicyclic) bond motifs is 1. The molecule has 1 heterocycles. The Morgan fingerprint density at radius 3 is 2.60 bits per heavy atom. The van der Waals surface area contributed by atoms with Crippen molar-refractivity contribution >= 4 is 45.9 Å². The van der Waals surface area contributed by atoms with E-state index in [0.717, 1.165) is 11.8 Å². The second-order valence-corrected chi connectivity index (χ2v) is 7.75. The molecule has 0 saturated heterocycles. The highest BCUT2D eigenvalue weighted by Crippen LogP contribution is 2.22. The van der Waals surface area contributed by atoms with Gasteiger partial charge in [0.05, 0.1) is 22.3 Å². The van der Waals surface area contributed by atoms with E-state index in [9.17, 15) is 14.0 Å². The Labute approximate surface area is 180 Å². The Balaban J connectivity index is 1.67. The lowest BCUT2D eigenvalue weighted by molar-refractivity contribution is -0.113. The van der Waals surface area contributed by atoms with Crippen molar-refractivity contribution < 1.29 is 9.18 Å². The number of hydrogen-bond acceptors (Lipinski definition) is 4. The summed E-state index contributed by atoms with van der Waals surface area (Å²) in [4.78, 5) is 30.1. The molecule has 0 unspecified atom stereocenters. The lowest BCUT2D eigenvalue weighted by Crippen LogP contribution is -2.23.